The number of hydrogen-bond acceptors (Lipinski definition) is 6. The fraction of sp³-hybridized carbons (Fsp3) is 0.538. The first-order chi connectivity index (χ1) is 9.15. The van der Waals surface area contributed by atoms with Gasteiger partial charge in [0.1, 0.15) is 10.6 Å². The van der Waals surface area contributed by atoms with Crippen molar-refractivity contribution in [2.24, 2.45) is 0 Å². The van der Waals surface area contributed by atoms with Crippen LogP contribution in [0.4, 0.5) is 11.8 Å². The third kappa shape index (κ3) is 2.50. The predicted octanol–water partition coefficient (Wildman–Crippen LogP) is 1.95. The van der Waals surface area contributed by atoms with Crippen LogP contribution in [0.25, 0.3) is 10.2 Å². The molecule has 0 aliphatic carbocycles. The summed E-state index contributed by atoms with van der Waals surface area (Å²) in [5, 5.41) is 4.63. The highest BCUT2D eigenvalue weighted by molar-refractivity contribution is 7.18. The summed E-state index contributed by atoms with van der Waals surface area (Å²) in [5.74, 6) is 1.24. The summed E-state index contributed by atoms with van der Waals surface area (Å²) >= 11 is 1.70. The molecule has 1 saturated heterocycles. The van der Waals surface area contributed by atoms with E-state index < -0.39 is 0 Å². The zero-order chi connectivity index (χ0) is 13.4. The predicted molar refractivity (Wildman–Crippen MR) is 80.7 cm³/mol. The van der Waals surface area contributed by atoms with Gasteiger partial charge in [-0.25, -0.2) is 4.98 Å². The van der Waals surface area contributed by atoms with E-state index in [1.807, 2.05) is 0 Å². The first-order valence-corrected chi connectivity index (χ1v) is 7.48. The summed E-state index contributed by atoms with van der Waals surface area (Å²) < 4.78 is 0. The van der Waals surface area contributed by atoms with Gasteiger partial charge in [-0.3, -0.25) is 0 Å². The second-order valence-corrected chi connectivity index (χ2v) is 6.22. The second-order valence-electron chi connectivity index (χ2n) is 5.11. The van der Waals surface area contributed by atoms with Crippen molar-refractivity contribution >= 4 is 33.3 Å². The zero-order valence-corrected chi connectivity index (χ0v) is 12.1. The lowest BCUT2D eigenvalue weighted by Gasteiger charge is -2.14. The Balaban J connectivity index is 1.94. The van der Waals surface area contributed by atoms with Gasteiger partial charge >= 0.3 is 0 Å². The van der Waals surface area contributed by atoms with E-state index in [-0.39, 0.29) is 0 Å². The van der Waals surface area contributed by atoms with Crippen molar-refractivity contribution in [1.29, 1.82) is 0 Å². The van der Waals surface area contributed by atoms with Crippen molar-refractivity contribution < 1.29 is 0 Å². The van der Waals surface area contributed by atoms with Gasteiger partial charge in [0.25, 0.3) is 0 Å². The molecule has 0 aromatic carbocycles. The summed E-state index contributed by atoms with van der Waals surface area (Å²) in [6.45, 7) is 4.34. The Kier molecular flexibility index (Phi) is 3.28. The van der Waals surface area contributed by atoms with Crippen molar-refractivity contribution in [3.05, 3.63) is 10.9 Å². The number of hydrogen-bond donors (Lipinski definition) is 2. The molecule has 6 heteroatoms. The molecule has 0 bridgehead atoms. The average Bonchev–Trinajstić information content (AvgIpc) is 2.95. The van der Waals surface area contributed by atoms with Gasteiger partial charge in [0.2, 0.25) is 5.95 Å². The standard InChI is InChI=1S/C13H19N5S/c1-3-9-6-10-11(15-8-4-5-18(2)7-8)16-13(14)17-12(10)19-9/h6,8H,3-5,7H2,1-2H3,(H3,14,15,16,17). The minimum atomic E-state index is 0.353. The first kappa shape index (κ1) is 12.6. The number of aryl methyl sites for hydroxylation is 1. The lowest BCUT2D eigenvalue weighted by atomic mass is 10.2. The number of nitrogen functional groups attached to an aromatic ring is 1. The molecule has 2 aromatic heterocycles. The molecule has 0 saturated carbocycles. The Morgan fingerprint density at radius 2 is 2.37 bits per heavy atom. The Labute approximate surface area is 116 Å². The van der Waals surface area contributed by atoms with Gasteiger partial charge in [-0.15, -0.1) is 11.3 Å². The highest BCUT2D eigenvalue weighted by Crippen LogP contribution is 2.30. The number of aromatic nitrogens is 2. The number of anilines is 2. The maximum absolute atomic E-state index is 5.81. The molecule has 1 unspecified atom stereocenters. The summed E-state index contributed by atoms with van der Waals surface area (Å²) in [6.07, 6.45) is 2.17. The van der Waals surface area contributed by atoms with Crippen LogP contribution < -0.4 is 11.1 Å². The molecule has 1 aliphatic heterocycles. The lowest BCUT2D eigenvalue weighted by Crippen LogP contribution is -2.24. The van der Waals surface area contributed by atoms with Gasteiger partial charge in [0.05, 0.1) is 5.39 Å². The quantitative estimate of drug-likeness (QED) is 0.897. The highest BCUT2D eigenvalue weighted by atomic mass is 32.1. The minimum absolute atomic E-state index is 0.353. The molecule has 19 heavy (non-hydrogen) atoms. The van der Waals surface area contributed by atoms with Crippen molar-refractivity contribution in [2.75, 3.05) is 31.2 Å². The smallest absolute Gasteiger partial charge is 0.223 e. The number of nitrogens with zero attached hydrogens (tertiary/aromatic N) is 3. The molecule has 102 valence electrons. The number of likely N-dealkylation sites (tertiary alicyclic amines) is 1. The topological polar surface area (TPSA) is 67.1 Å². The number of rotatable bonds is 3. The SMILES string of the molecule is CCc1cc2c(NC3CCN(C)C3)nc(N)nc2s1. The van der Waals surface area contributed by atoms with Crippen LogP contribution in [0.1, 0.15) is 18.2 Å². The summed E-state index contributed by atoms with van der Waals surface area (Å²) in [5.41, 5.74) is 5.81. The molecule has 0 spiro atoms. The summed E-state index contributed by atoms with van der Waals surface area (Å²) in [6, 6.07) is 2.63. The van der Waals surface area contributed by atoms with Gasteiger partial charge in [-0.1, -0.05) is 6.92 Å². The summed E-state index contributed by atoms with van der Waals surface area (Å²) in [7, 11) is 2.14. The largest absolute Gasteiger partial charge is 0.368 e. The normalized spacial score (nSPS) is 20.2. The van der Waals surface area contributed by atoms with Gasteiger partial charge < -0.3 is 16.0 Å². The minimum Gasteiger partial charge on any atom is -0.368 e. The number of nitrogens with two attached hydrogens (primary N) is 1. The van der Waals surface area contributed by atoms with Crippen LogP contribution in [0.5, 0.6) is 0 Å². The third-order valence-electron chi connectivity index (χ3n) is 3.54. The van der Waals surface area contributed by atoms with Crippen LogP contribution in [-0.4, -0.2) is 41.0 Å². The van der Waals surface area contributed by atoms with Gasteiger partial charge in [0.15, 0.2) is 0 Å². The molecule has 2 aromatic rings. The molecule has 1 fully saturated rings. The lowest BCUT2D eigenvalue weighted by molar-refractivity contribution is 0.414. The Hall–Kier alpha value is -1.40. The first-order valence-electron chi connectivity index (χ1n) is 6.66. The maximum Gasteiger partial charge on any atom is 0.223 e. The van der Waals surface area contributed by atoms with Crippen LogP contribution in [-0.2, 0) is 6.42 Å². The van der Waals surface area contributed by atoms with E-state index in [2.05, 4.69) is 40.2 Å². The molecule has 0 amide bonds. The van der Waals surface area contributed by atoms with Crippen LogP contribution in [0.2, 0.25) is 0 Å². The Bertz CT molecular complexity index is 594. The number of likely N-dealkylation sites (N-methyl/N-ethyl adjacent to an activating group) is 1. The van der Waals surface area contributed by atoms with Gasteiger partial charge in [-0.2, -0.15) is 4.98 Å². The molecular weight excluding hydrogens is 258 g/mol. The van der Waals surface area contributed by atoms with E-state index in [9.17, 15) is 0 Å². The zero-order valence-electron chi connectivity index (χ0n) is 11.3. The molecule has 1 atom stereocenters. The molecule has 5 nitrogen and oxygen atoms in total. The molecule has 0 radical (unpaired) electrons. The average molecular weight is 277 g/mol. The van der Waals surface area contributed by atoms with Crippen molar-refractivity contribution in [1.82, 2.24) is 14.9 Å². The molecule has 1 aliphatic rings. The number of nitrogens with one attached hydrogen (secondary N) is 1. The van der Waals surface area contributed by atoms with Gasteiger partial charge in [0, 0.05) is 17.5 Å². The molecular formula is C13H19N5S. The Morgan fingerprint density at radius 3 is 3.05 bits per heavy atom. The molecule has 3 heterocycles. The number of thiophene rings is 1. The van der Waals surface area contributed by atoms with Crippen molar-refractivity contribution in [2.45, 2.75) is 25.8 Å². The second kappa shape index (κ2) is 4.94. The van der Waals surface area contributed by atoms with Crippen LogP contribution in [0.15, 0.2) is 6.07 Å². The van der Waals surface area contributed by atoms with E-state index in [0.717, 1.165) is 42.0 Å². The van der Waals surface area contributed by atoms with E-state index in [1.165, 1.54) is 4.88 Å². The van der Waals surface area contributed by atoms with Crippen molar-refractivity contribution in [3.63, 3.8) is 0 Å². The van der Waals surface area contributed by atoms with E-state index in [0.29, 0.717) is 12.0 Å². The summed E-state index contributed by atoms with van der Waals surface area (Å²) in [4.78, 5) is 13.3. The fourth-order valence-electron chi connectivity index (χ4n) is 2.52. The van der Waals surface area contributed by atoms with E-state index in [4.69, 9.17) is 5.73 Å². The van der Waals surface area contributed by atoms with Crippen LogP contribution >= 0.6 is 11.3 Å². The highest BCUT2D eigenvalue weighted by Gasteiger charge is 2.21. The van der Waals surface area contributed by atoms with Gasteiger partial charge in [-0.05, 0) is 32.5 Å². The van der Waals surface area contributed by atoms with E-state index >= 15 is 0 Å². The van der Waals surface area contributed by atoms with Crippen molar-refractivity contribution in [3.8, 4) is 0 Å². The van der Waals surface area contributed by atoms with Crippen LogP contribution in [0.3, 0.4) is 0 Å². The van der Waals surface area contributed by atoms with Crippen LogP contribution in [0, 0.1) is 0 Å². The molecule has 3 N–H and O–H groups in total. The third-order valence-corrected chi connectivity index (χ3v) is 4.71. The van der Waals surface area contributed by atoms with E-state index in [1.54, 1.807) is 11.3 Å². The number of fused-ring (bicyclic) bond motifs is 1. The maximum atomic E-state index is 5.81. The Morgan fingerprint density at radius 1 is 1.53 bits per heavy atom. The molecule has 3 rings (SSSR count). The monoisotopic (exact) mass is 277 g/mol. The fourth-order valence-corrected chi connectivity index (χ4v) is 3.49.